The number of aliphatic hydroxyl groups excluding tert-OH is 1. The molecule has 0 bridgehead atoms. The van der Waals surface area contributed by atoms with Gasteiger partial charge in [0.15, 0.2) is 0 Å². The van der Waals surface area contributed by atoms with Crippen molar-refractivity contribution in [3.63, 3.8) is 0 Å². The number of nitrogens with zero attached hydrogens (tertiary/aromatic N) is 2. The summed E-state index contributed by atoms with van der Waals surface area (Å²) in [6, 6.07) is 8.17. The maximum absolute atomic E-state index is 9.19. The minimum Gasteiger partial charge on any atom is -0.399 e. The molecule has 1 aromatic carbocycles. The number of hydrogen-bond donors (Lipinski definition) is 2. The van der Waals surface area contributed by atoms with Crippen LogP contribution in [0, 0.1) is 11.3 Å². The highest BCUT2D eigenvalue weighted by Gasteiger charge is 2.25. The quantitative estimate of drug-likeness (QED) is 0.794. The Bertz CT molecular complexity index is 453. The first-order chi connectivity index (χ1) is 8.76. The normalized spacial score (nSPS) is 18.9. The molecule has 1 fully saturated rings. The highest BCUT2D eigenvalue weighted by Crippen LogP contribution is 2.31. The van der Waals surface area contributed by atoms with Crippen LogP contribution in [0.4, 0.5) is 11.4 Å². The molecule has 2 rings (SSSR count). The Morgan fingerprint density at radius 2 is 2.33 bits per heavy atom. The molecule has 1 unspecified atom stereocenters. The van der Waals surface area contributed by atoms with E-state index in [0.717, 1.165) is 37.9 Å². The van der Waals surface area contributed by atoms with E-state index in [0.29, 0.717) is 17.3 Å². The molecule has 3 N–H and O–H groups in total. The fraction of sp³-hybridized carbons (Fsp3) is 0.500. The van der Waals surface area contributed by atoms with Gasteiger partial charge >= 0.3 is 0 Å². The molecule has 1 aromatic rings. The van der Waals surface area contributed by atoms with Gasteiger partial charge in [-0.25, -0.2) is 0 Å². The number of nitriles is 1. The van der Waals surface area contributed by atoms with E-state index in [1.54, 1.807) is 6.07 Å². The summed E-state index contributed by atoms with van der Waals surface area (Å²) in [4.78, 5) is 2.29. The molecule has 1 heterocycles. The highest BCUT2D eigenvalue weighted by molar-refractivity contribution is 5.65. The van der Waals surface area contributed by atoms with E-state index in [1.165, 1.54) is 0 Å². The molecule has 0 spiro atoms. The molecule has 0 saturated carbocycles. The summed E-state index contributed by atoms with van der Waals surface area (Å²) < 4.78 is 0. The fourth-order valence-corrected chi connectivity index (χ4v) is 2.67. The van der Waals surface area contributed by atoms with Gasteiger partial charge < -0.3 is 15.7 Å². The van der Waals surface area contributed by atoms with Crippen LogP contribution < -0.4 is 10.6 Å². The monoisotopic (exact) mass is 245 g/mol. The summed E-state index contributed by atoms with van der Waals surface area (Å²) in [7, 11) is 0. The molecule has 1 saturated heterocycles. The van der Waals surface area contributed by atoms with E-state index in [4.69, 9.17) is 10.8 Å². The maximum atomic E-state index is 9.19. The average Bonchev–Trinajstić information content (AvgIpc) is 2.84. The Balaban J connectivity index is 2.22. The predicted octanol–water partition coefficient (Wildman–Crippen LogP) is 1.88. The first-order valence-electron chi connectivity index (χ1n) is 6.43. The van der Waals surface area contributed by atoms with Gasteiger partial charge in [0.25, 0.3) is 0 Å². The van der Waals surface area contributed by atoms with Gasteiger partial charge in [0, 0.05) is 24.9 Å². The van der Waals surface area contributed by atoms with Crippen molar-refractivity contribution in [1.82, 2.24) is 0 Å². The molecule has 4 heteroatoms. The van der Waals surface area contributed by atoms with Gasteiger partial charge in [-0.3, -0.25) is 0 Å². The summed E-state index contributed by atoms with van der Waals surface area (Å²) >= 11 is 0. The van der Waals surface area contributed by atoms with E-state index in [-0.39, 0.29) is 6.61 Å². The van der Waals surface area contributed by atoms with Crippen LogP contribution in [-0.2, 0) is 0 Å². The standard InChI is InChI=1S/C14H19N3O/c15-10-11-9-12(16)5-6-14(11)17-7-1-3-13(17)4-2-8-18/h5-6,9,13,18H,1-4,7-8,16H2. The highest BCUT2D eigenvalue weighted by atomic mass is 16.2. The lowest BCUT2D eigenvalue weighted by Gasteiger charge is -2.27. The Kier molecular flexibility index (Phi) is 4.06. The van der Waals surface area contributed by atoms with Crippen LogP contribution >= 0.6 is 0 Å². The van der Waals surface area contributed by atoms with Crippen LogP contribution in [0.3, 0.4) is 0 Å². The Hall–Kier alpha value is -1.73. The molecule has 1 aliphatic heterocycles. The summed E-state index contributed by atoms with van der Waals surface area (Å²) in [5.41, 5.74) is 7.96. The van der Waals surface area contributed by atoms with E-state index < -0.39 is 0 Å². The average molecular weight is 245 g/mol. The molecular formula is C14H19N3O. The molecule has 1 atom stereocenters. The van der Waals surface area contributed by atoms with Gasteiger partial charge in [0.2, 0.25) is 0 Å². The second kappa shape index (κ2) is 5.74. The second-order valence-electron chi connectivity index (χ2n) is 4.74. The predicted molar refractivity (Wildman–Crippen MR) is 72.3 cm³/mol. The Labute approximate surface area is 108 Å². The third kappa shape index (κ3) is 2.57. The molecule has 1 aliphatic rings. The smallest absolute Gasteiger partial charge is 0.101 e. The summed E-state index contributed by atoms with van der Waals surface area (Å²) in [5.74, 6) is 0. The summed E-state index contributed by atoms with van der Waals surface area (Å²) in [6.07, 6.45) is 4.07. The minimum atomic E-state index is 0.233. The van der Waals surface area contributed by atoms with Crippen LogP contribution in [0.15, 0.2) is 18.2 Å². The number of aliphatic hydroxyl groups is 1. The van der Waals surface area contributed by atoms with Crippen LogP contribution in [0.25, 0.3) is 0 Å². The van der Waals surface area contributed by atoms with Gasteiger partial charge in [0.05, 0.1) is 11.3 Å². The second-order valence-corrected chi connectivity index (χ2v) is 4.74. The zero-order chi connectivity index (χ0) is 13.0. The topological polar surface area (TPSA) is 73.3 Å². The molecule has 18 heavy (non-hydrogen) atoms. The fourth-order valence-electron chi connectivity index (χ4n) is 2.67. The molecule has 96 valence electrons. The Morgan fingerprint density at radius 3 is 3.06 bits per heavy atom. The van der Waals surface area contributed by atoms with Crippen LogP contribution in [0.5, 0.6) is 0 Å². The number of nitrogen functional groups attached to an aromatic ring is 1. The van der Waals surface area contributed by atoms with Crippen molar-refractivity contribution in [1.29, 1.82) is 5.26 Å². The molecule has 0 radical (unpaired) electrons. The van der Waals surface area contributed by atoms with Crippen molar-refractivity contribution in [2.24, 2.45) is 0 Å². The number of anilines is 2. The van der Waals surface area contributed by atoms with E-state index in [2.05, 4.69) is 11.0 Å². The first-order valence-corrected chi connectivity index (χ1v) is 6.43. The van der Waals surface area contributed by atoms with Gasteiger partial charge in [-0.2, -0.15) is 5.26 Å². The number of hydrogen-bond acceptors (Lipinski definition) is 4. The lowest BCUT2D eigenvalue weighted by atomic mass is 10.1. The van der Waals surface area contributed by atoms with Crippen molar-refractivity contribution in [3.05, 3.63) is 23.8 Å². The first kappa shape index (κ1) is 12.7. The largest absolute Gasteiger partial charge is 0.399 e. The molecule has 0 amide bonds. The number of rotatable bonds is 4. The molecule has 0 aliphatic carbocycles. The minimum absolute atomic E-state index is 0.233. The van der Waals surface area contributed by atoms with E-state index in [9.17, 15) is 5.26 Å². The van der Waals surface area contributed by atoms with Crippen LogP contribution in [0.1, 0.15) is 31.2 Å². The van der Waals surface area contributed by atoms with E-state index in [1.807, 2.05) is 12.1 Å². The summed E-state index contributed by atoms with van der Waals surface area (Å²) in [5, 5.41) is 18.1. The van der Waals surface area contributed by atoms with Gasteiger partial charge in [-0.1, -0.05) is 0 Å². The lowest BCUT2D eigenvalue weighted by molar-refractivity contribution is 0.279. The molecule has 4 nitrogen and oxygen atoms in total. The van der Waals surface area contributed by atoms with Crippen molar-refractivity contribution < 1.29 is 5.11 Å². The summed E-state index contributed by atoms with van der Waals surface area (Å²) in [6.45, 7) is 1.21. The lowest BCUT2D eigenvalue weighted by Crippen LogP contribution is -2.30. The maximum Gasteiger partial charge on any atom is 0.101 e. The molecular weight excluding hydrogens is 226 g/mol. The van der Waals surface area contributed by atoms with Crippen LogP contribution in [0.2, 0.25) is 0 Å². The van der Waals surface area contributed by atoms with Gasteiger partial charge in [-0.05, 0) is 43.9 Å². The van der Waals surface area contributed by atoms with Crippen molar-refractivity contribution in [3.8, 4) is 6.07 Å². The van der Waals surface area contributed by atoms with Crippen LogP contribution in [-0.4, -0.2) is 24.3 Å². The zero-order valence-corrected chi connectivity index (χ0v) is 10.5. The van der Waals surface area contributed by atoms with Crippen molar-refractivity contribution in [2.45, 2.75) is 31.7 Å². The number of nitrogens with two attached hydrogens (primary N) is 1. The third-order valence-electron chi connectivity index (χ3n) is 3.52. The van der Waals surface area contributed by atoms with Crippen molar-refractivity contribution in [2.75, 3.05) is 23.8 Å². The van der Waals surface area contributed by atoms with Gasteiger partial charge in [-0.15, -0.1) is 0 Å². The SMILES string of the molecule is N#Cc1cc(N)ccc1N1CCCC1CCCO. The molecule has 0 aromatic heterocycles. The van der Waals surface area contributed by atoms with Gasteiger partial charge in [0.1, 0.15) is 6.07 Å². The zero-order valence-electron chi connectivity index (χ0n) is 10.5. The Morgan fingerprint density at radius 1 is 1.50 bits per heavy atom. The number of benzene rings is 1. The third-order valence-corrected chi connectivity index (χ3v) is 3.52. The van der Waals surface area contributed by atoms with Crippen molar-refractivity contribution >= 4 is 11.4 Å². The van der Waals surface area contributed by atoms with E-state index >= 15 is 0 Å².